The van der Waals surface area contributed by atoms with Gasteiger partial charge in [0.15, 0.2) is 0 Å². The monoisotopic (exact) mass is 304 g/mol. The van der Waals surface area contributed by atoms with Crippen LogP contribution < -0.4 is 10.9 Å². The minimum Gasteiger partial charge on any atom is -0.351 e. The second kappa shape index (κ2) is 7.09. The molecule has 4 nitrogen and oxygen atoms in total. The molecule has 1 atom stereocenters. The molecule has 5 heteroatoms. The van der Waals surface area contributed by atoms with Crippen molar-refractivity contribution >= 4 is 17.5 Å². The Bertz CT molecular complexity index is 667. The van der Waals surface area contributed by atoms with Gasteiger partial charge in [0, 0.05) is 18.7 Å². The lowest BCUT2D eigenvalue weighted by Gasteiger charge is -2.16. The van der Waals surface area contributed by atoms with Gasteiger partial charge in [-0.25, -0.2) is 0 Å². The molecule has 2 aromatic rings. The standard InChI is InChI=1S/C16H17ClN2O2/c1-2-11(12-6-4-3-5-7-12)9-18-15(20)13-8-14(17)16(21)19-10-13/h3-8,10-11H,2,9H2,1H3,(H,18,20)(H,19,21)/t11-/m1/s1. The zero-order valence-electron chi connectivity index (χ0n) is 11.7. The number of hydrogen-bond donors (Lipinski definition) is 2. The van der Waals surface area contributed by atoms with Gasteiger partial charge in [-0.15, -0.1) is 0 Å². The molecule has 110 valence electrons. The summed E-state index contributed by atoms with van der Waals surface area (Å²) in [6.07, 6.45) is 2.30. The number of aromatic nitrogens is 1. The molecule has 0 fully saturated rings. The van der Waals surface area contributed by atoms with E-state index in [9.17, 15) is 9.59 Å². The molecule has 0 radical (unpaired) electrons. The Kier molecular flexibility index (Phi) is 5.17. The van der Waals surface area contributed by atoms with Crippen LogP contribution in [0, 0.1) is 0 Å². The van der Waals surface area contributed by atoms with Crippen LogP contribution in [0.2, 0.25) is 5.02 Å². The van der Waals surface area contributed by atoms with Crippen molar-refractivity contribution in [3.05, 3.63) is 69.1 Å². The van der Waals surface area contributed by atoms with Crippen LogP contribution >= 0.6 is 11.6 Å². The third kappa shape index (κ3) is 3.95. The summed E-state index contributed by atoms with van der Waals surface area (Å²) in [6.45, 7) is 2.62. The second-order valence-corrected chi connectivity index (χ2v) is 5.20. The van der Waals surface area contributed by atoms with E-state index in [2.05, 4.69) is 29.4 Å². The van der Waals surface area contributed by atoms with Crippen molar-refractivity contribution in [3.8, 4) is 0 Å². The van der Waals surface area contributed by atoms with Gasteiger partial charge in [-0.2, -0.15) is 0 Å². The van der Waals surface area contributed by atoms with Crippen LogP contribution in [0.3, 0.4) is 0 Å². The molecule has 0 aliphatic carbocycles. The maximum absolute atomic E-state index is 12.1. The number of H-pyrrole nitrogens is 1. The van der Waals surface area contributed by atoms with Crippen LogP contribution in [0.15, 0.2) is 47.4 Å². The number of halogens is 1. The third-order valence-electron chi connectivity index (χ3n) is 3.39. The van der Waals surface area contributed by atoms with Gasteiger partial charge in [-0.05, 0) is 18.1 Å². The maximum atomic E-state index is 12.1. The van der Waals surface area contributed by atoms with Crippen molar-refractivity contribution < 1.29 is 4.79 Å². The van der Waals surface area contributed by atoms with Crippen molar-refractivity contribution in [2.24, 2.45) is 0 Å². The average Bonchev–Trinajstić information content (AvgIpc) is 2.51. The summed E-state index contributed by atoms with van der Waals surface area (Å²) in [7, 11) is 0. The second-order valence-electron chi connectivity index (χ2n) is 4.79. The van der Waals surface area contributed by atoms with Crippen molar-refractivity contribution in [3.63, 3.8) is 0 Å². The van der Waals surface area contributed by atoms with Gasteiger partial charge < -0.3 is 10.3 Å². The van der Waals surface area contributed by atoms with Gasteiger partial charge in [0.25, 0.3) is 11.5 Å². The highest BCUT2D eigenvalue weighted by atomic mass is 35.5. The zero-order chi connectivity index (χ0) is 15.2. The van der Waals surface area contributed by atoms with E-state index in [0.717, 1.165) is 6.42 Å². The Morgan fingerprint density at radius 3 is 2.67 bits per heavy atom. The zero-order valence-corrected chi connectivity index (χ0v) is 12.5. The highest BCUT2D eigenvalue weighted by molar-refractivity contribution is 6.30. The molecule has 0 unspecified atom stereocenters. The number of hydrogen-bond acceptors (Lipinski definition) is 2. The molecular formula is C16H17ClN2O2. The van der Waals surface area contributed by atoms with E-state index < -0.39 is 5.56 Å². The molecule has 1 aromatic heterocycles. The van der Waals surface area contributed by atoms with Crippen LogP contribution in [-0.4, -0.2) is 17.4 Å². The summed E-state index contributed by atoms with van der Waals surface area (Å²) < 4.78 is 0. The largest absolute Gasteiger partial charge is 0.351 e. The Morgan fingerprint density at radius 2 is 2.05 bits per heavy atom. The van der Waals surface area contributed by atoms with E-state index >= 15 is 0 Å². The van der Waals surface area contributed by atoms with Crippen LogP contribution in [-0.2, 0) is 0 Å². The molecule has 0 spiro atoms. The molecule has 0 aliphatic heterocycles. The normalized spacial score (nSPS) is 11.9. The smallest absolute Gasteiger partial charge is 0.266 e. The first-order valence-corrected chi connectivity index (χ1v) is 7.21. The van der Waals surface area contributed by atoms with Gasteiger partial charge in [-0.1, -0.05) is 48.9 Å². The van der Waals surface area contributed by atoms with Crippen molar-refractivity contribution in [1.82, 2.24) is 10.3 Å². The molecule has 0 saturated carbocycles. The van der Waals surface area contributed by atoms with Crippen molar-refractivity contribution in [1.29, 1.82) is 0 Å². The molecule has 0 bridgehead atoms. The average molecular weight is 305 g/mol. The Labute approximate surface area is 128 Å². The van der Waals surface area contributed by atoms with E-state index in [1.165, 1.54) is 17.8 Å². The van der Waals surface area contributed by atoms with E-state index in [1.54, 1.807) is 0 Å². The van der Waals surface area contributed by atoms with Crippen LogP contribution in [0.5, 0.6) is 0 Å². The molecule has 2 rings (SSSR count). The predicted octanol–water partition coefficient (Wildman–Crippen LogP) is 2.95. The first kappa shape index (κ1) is 15.3. The quantitative estimate of drug-likeness (QED) is 0.892. The number of rotatable bonds is 5. The fourth-order valence-electron chi connectivity index (χ4n) is 2.13. The van der Waals surface area contributed by atoms with Gasteiger partial charge in [-0.3, -0.25) is 9.59 Å². The van der Waals surface area contributed by atoms with Crippen molar-refractivity contribution in [2.45, 2.75) is 19.3 Å². The summed E-state index contributed by atoms with van der Waals surface area (Å²) >= 11 is 5.72. The Morgan fingerprint density at radius 1 is 1.33 bits per heavy atom. The molecule has 2 N–H and O–H groups in total. The van der Waals surface area contributed by atoms with Gasteiger partial charge in [0.1, 0.15) is 5.02 Å². The number of pyridine rings is 1. The summed E-state index contributed by atoms with van der Waals surface area (Å²) in [4.78, 5) is 25.7. The molecular weight excluding hydrogens is 288 g/mol. The summed E-state index contributed by atoms with van der Waals surface area (Å²) in [5.74, 6) is 0.0101. The number of carbonyl (C=O) groups is 1. The SMILES string of the molecule is CC[C@H](CNC(=O)c1c[nH]c(=O)c(Cl)c1)c1ccccc1. The summed E-state index contributed by atoms with van der Waals surface area (Å²) in [5, 5.41) is 2.89. The van der Waals surface area contributed by atoms with E-state index in [1.807, 2.05) is 18.2 Å². The summed E-state index contributed by atoms with van der Waals surface area (Å²) in [5.41, 5.74) is 1.14. The Balaban J connectivity index is 2.02. The fourth-order valence-corrected chi connectivity index (χ4v) is 2.30. The van der Waals surface area contributed by atoms with Gasteiger partial charge in [0.2, 0.25) is 0 Å². The minimum absolute atomic E-state index is 0.0118. The molecule has 21 heavy (non-hydrogen) atoms. The topological polar surface area (TPSA) is 62.0 Å². The maximum Gasteiger partial charge on any atom is 0.266 e. The molecule has 0 saturated heterocycles. The van der Waals surface area contributed by atoms with E-state index in [0.29, 0.717) is 12.1 Å². The van der Waals surface area contributed by atoms with Crippen LogP contribution in [0.25, 0.3) is 0 Å². The van der Waals surface area contributed by atoms with E-state index in [-0.39, 0.29) is 16.8 Å². The third-order valence-corrected chi connectivity index (χ3v) is 3.67. The van der Waals surface area contributed by atoms with Crippen LogP contribution in [0.1, 0.15) is 35.2 Å². The molecule has 1 heterocycles. The minimum atomic E-state index is -0.399. The predicted molar refractivity (Wildman–Crippen MR) is 83.9 cm³/mol. The number of nitrogens with one attached hydrogen (secondary N) is 2. The first-order chi connectivity index (χ1) is 10.1. The highest BCUT2D eigenvalue weighted by Gasteiger charge is 2.12. The molecule has 0 aliphatic rings. The highest BCUT2D eigenvalue weighted by Crippen LogP contribution is 2.18. The lowest BCUT2D eigenvalue weighted by molar-refractivity contribution is 0.0950. The number of amides is 1. The summed E-state index contributed by atoms with van der Waals surface area (Å²) in [6, 6.07) is 11.4. The van der Waals surface area contributed by atoms with Gasteiger partial charge in [0.05, 0.1) is 5.56 Å². The number of aromatic amines is 1. The van der Waals surface area contributed by atoms with Gasteiger partial charge >= 0.3 is 0 Å². The van der Waals surface area contributed by atoms with Crippen LogP contribution in [0.4, 0.5) is 0 Å². The lowest BCUT2D eigenvalue weighted by atomic mass is 9.96. The number of benzene rings is 1. The van der Waals surface area contributed by atoms with E-state index in [4.69, 9.17) is 11.6 Å². The molecule has 1 amide bonds. The Hall–Kier alpha value is -2.07. The number of carbonyl (C=O) groups excluding carboxylic acids is 1. The first-order valence-electron chi connectivity index (χ1n) is 6.83. The fraction of sp³-hybridized carbons (Fsp3) is 0.250. The molecule has 1 aromatic carbocycles. The lowest BCUT2D eigenvalue weighted by Crippen LogP contribution is -2.29. The van der Waals surface area contributed by atoms with Crippen molar-refractivity contribution in [2.75, 3.05) is 6.54 Å².